The average molecular weight is 312 g/mol. The molecule has 0 aliphatic carbocycles. The summed E-state index contributed by atoms with van der Waals surface area (Å²) in [6, 6.07) is 4.69. The van der Waals surface area contributed by atoms with Crippen molar-refractivity contribution in [1.82, 2.24) is 0 Å². The van der Waals surface area contributed by atoms with Gasteiger partial charge in [-0.3, -0.25) is 0 Å². The molecule has 2 aliphatic rings. The van der Waals surface area contributed by atoms with Crippen molar-refractivity contribution in [3.05, 3.63) is 29.6 Å². The highest BCUT2D eigenvalue weighted by molar-refractivity contribution is 7.99. The van der Waals surface area contributed by atoms with E-state index in [2.05, 4.69) is 0 Å². The minimum absolute atomic E-state index is 0.0360. The van der Waals surface area contributed by atoms with E-state index in [0.29, 0.717) is 17.9 Å². The largest absolute Gasteiger partial charge is 0.490 e. The molecule has 2 heterocycles. The summed E-state index contributed by atoms with van der Waals surface area (Å²) in [5, 5.41) is 9.46. The van der Waals surface area contributed by atoms with Crippen molar-refractivity contribution in [1.29, 1.82) is 0 Å². The molecule has 1 aromatic carbocycles. The van der Waals surface area contributed by atoms with Gasteiger partial charge in [0.25, 0.3) is 0 Å². The first-order valence-corrected chi connectivity index (χ1v) is 8.59. The van der Waals surface area contributed by atoms with Crippen molar-refractivity contribution >= 4 is 11.8 Å². The fourth-order valence-corrected chi connectivity index (χ4v) is 4.44. The molecule has 3 rings (SSSR count). The Morgan fingerprint density at radius 1 is 1.52 bits per heavy atom. The number of thioether (sulfide) groups is 1. The van der Waals surface area contributed by atoms with E-state index >= 15 is 0 Å². The van der Waals surface area contributed by atoms with Gasteiger partial charge in [-0.2, -0.15) is 11.8 Å². The second-order valence-electron chi connectivity index (χ2n) is 5.93. The molecule has 0 bridgehead atoms. The van der Waals surface area contributed by atoms with E-state index in [1.165, 1.54) is 6.07 Å². The van der Waals surface area contributed by atoms with Crippen LogP contribution in [0.2, 0.25) is 0 Å². The Labute approximate surface area is 128 Å². The predicted octanol–water partition coefficient (Wildman–Crippen LogP) is 3.31. The monoisotopic (exact) mass is 312 g/mol. The first kappa shape index (κ1) is 15.1. The molecule has 1 N–H and O–H groups in total. The van der Waals surface area contributed by atoms with Gasteiger partial charge in [0.2, 0.25) is 0 Å². The third kappa shape index (κ3) is 3.35. The van der Waals surface area contributed by atoms with E-state index in [1.54, 1.807) is 19.1 Å². The minimum atomic E-state index is -0.805. The molecule has 1 spiro atoms. The number of halogens is 1. The standard InChI is InChI=1S/C16H21FO3S/c1-11(18)14-3-2-12(8-15(14)17)20-13-4-6-19-16(9-13)5-7-21-10-16/h2-3,8,11,13,18H,4-7,9-10H2,1H3/t11-,13?,16?/m1/s1. The third-order valence-corrected chi connectivity index (χ3v) is 5.46. The lowest BCUT2D eigenvalue weighted by Crippen LogP contribution is -2.43. The van der Waals surface area contributed by atoms with Crippen LogP contribution in [0, 0.1) is 5.82 Å². The molecule has 2 aliphatic heterocycles. The van der Waals surface area contributed by atoms with Crippen molar-refractivity contribution in [2.24, 2.45) is 0 Å². The van der Waals surface area contributed by atoms with Crippen LogP contribution in [0.5, 0.6) is 5.75 Å². The van der Waals surface area contributed by atoms with Gasteiger partial charge >= 0.3 is 0 Å². The lowest BCUT2D eigenvalue weighted by molar-refractivity contribution is -0.0959. The number of benzene rings is 1. The van der Waals surface area contributed by atoms with Gasteiger partial charge in [0.1, 0.15) is 17.7 Å². The Morgan fingerprint density at radius 3 is 3.05 bits per heavy atom. The van der Waals surface area contributed by atoms with Crippen LogP contribution in [-0.2, 0) is 4.74 Å². The number of aliphatic hydroxyl groups is 1. The summed E-state index contributed by atoms with van der Waals surface area (Å²) in [6.07, 6.45) is 2.06. The highest BCUT2D eigenvalue weighted by Crippen LogP contribution is 2.39. The topological polar surface area (TPSA) is 38.7 Å². The van der Waals surface area contributed by atoms with Gasteiger partial charge < -0.3 is 14.6 Å². The van der Waals surface area contributed by atoms with E-state index < -0.39 is 11.9 Å². The summed E-state index contributed by atoms with van der Waals surface area (Å²) in [5.74, 6) is 2.29. The zero-order valence-corrected chi connectivity index (χ0v) is 13.0. The predicted molar refractivity (Wildman–Crippen MR) is 81.3 cm³/mol. The van der Waals surface area contributed by atoms with E-state index in [4.69, 9.17) is 9.47 Å². The molecule has 2 fully saturated rings. The van der Waals surface area contributed by atoms with E-state index in [-0.39, 0.29) is 11.7 Å². The molecule has 2 saturated heterocycles. The lowest BCUT2D eigenvalue weighted by atomic mass is 9.91. The second kappa shape index (κ2) is 6.15. The summed E-state index contributed by atoms with van der Waals surface area (Å²) in [7, 11) is 0. The molecule has 5 heteroatoms. The van der Waals surface area contributed by atoms with E-state index in [0.717, 1.165) is 30.8 Å². The Balaban J connectivity index is 1.67. The molecule has 1 aromatic rings. The molecular weight excluding hydrogens is 291 g/mol. The van der Waals surface area contributed by atoms with Crippen molar-refractivity contribution < 1.29 is 19.0 Å². The summed E-state index contributed by atoms with van der Waals surface area (Å²) in [4.78, 5) is 0. The molecule has 116 valence electrons. The number of hydrogen-bond acceptors (Lipinski definition) is 4. The molecule has 3 nitrogen and oxygen atoms in total. The SMILES string of the molecule is C[C@@H](O)c1ccc(OC2CCOC3(CCSC3)C2)cc1F. The maximum absolute atomic E-state index is 13.9. The van der Waals surface area contributed by atoms with Crippen LogP contribution in [0.1, 0.15) is 37.9 Å². The smallest absolute Gasteiger partial charge is 0.132 e. The second-order valence-corrected chi connectivity index (χ2v) is 7.03. The van der Waals surface area contributed by atoms with E-state index in [1.807, 2.05) is 11.8 Å². The highest BCUT2D eigenvalue weighted by atomic mass is 32.2. The summed E-state index contributed by atoms with van der Waals surface area (Å²) in [6.45, 7) is 2.26. The van der Waals surface area contributed by atoms with Crippen LogP contribution in [0.3, 0.4) is 0 Å². The summed E-state index contributed by atoms with van der Waals surface area (Å²) >= 11 is 1.93. The zero-order valence-electron chi connectivity index (χ0n) is 12.2. The molecule has 0 amide bonds. The number of ether oxygens (including phenoxy) is 2. The minimum Gasteiger partial charge on any atom is -0.490 e. The fraction of sp³-hybridized carbons (Fsp3) is 0.625. The summed E-state index contributed by atoms with van der Waals surface area (Å²) < 4.78 is 25.8. The Kier molecular flexibility index (Phi) is 4.43. The molecule has 3 atom stereocenters. The maximum Gasteiger partial charge on any atom is 0.132 e. The van der Waals surface area contributed by atoms with Crippen molar-refractivity contribution in [2.75, 3.05) is 18.1 Å². The first-order valence-electron chi connectivity index (χ1n) is 7.44. The van der Waals surface area contributed by atoms with Gasteiger partial charge in [-0.15, -0.1) is 0 Å². The fourth-order valence-electron chi connectivity index (χ4n) is 3.06. The molecule has 2 unspecified atom stereocenters. The van der Waals surface area contributed by atoms with Gasteiger partial charge in [0, 0.05) is 30.2 Å². The zero-order chi connectivity index (χ0) is 14.9. The van der Waals surface area contributed by atoms with E-state index in [9.17, 15) is 9.50 Å². The van der Waals surface area contributed by atoms with Gasteiger partial charge in [0.15, 0.2) is 0 Å². The van der Waals surface area contributed by atoms with Gasteiger partial charge in [-0.25, -0.2) is 4.39 Å². The first-order chi connectivity index (χ1) is 10.1. The van der Waals surface area contributed by atoms with Crippen molar-refractivity contribution in [3.8, 4) is 5.75 Å². The molecular formula is C16H21FO3S. The van der Waals surface area contributed by atoms with Gasteiger partial charge in [0.05, 0.1) is 18.3 Å². The van der Waals surface area contributed by atoms with Crippen LogP contribution in [0.4, 0.5) is 4.39 Å². The number of rotatable bonds is 3. The van der Waals surface area contributed by atoms with Crippen molar-refractivity contribution in [2.45, 2.75) is 44.0 Å². The quantitative estimate of drug-likeness (QED) is 0.929. The van der Waals surface area contributed by atoms with Crippen LogP contribution < -0.4 is 4.74 Å². The molecule has 21 heavy (non-hydrogen) atoms. The Morgan fingerprint density at radius 2 is 2.38 bits per heavy atom. The molecule has 0 aromatic heterocycles. The van der Waals surface area contributed by atoms with Crippen LogP contribution in [-0.4, -0.2) is 34.9 Å². The maximum atomic E-state index is 13.9. The van der Waals surface area contributed by atoms with Crippen LogP contribution in [0.25, 0.3) is 0 Å². The normalized spacial score (nSPS) is 30.5. The summed E-state index contributed by atoms with van der Waals surface area (Å²) in [5.41, 5.74) is 0.268. The lowest BCUT2D eigenvalue weighted by Gasteiger charge is -2.37. The molecule has 0 radical (unpaired) electrons. The number of aliphatic hydroxyl groups excluding tert-OH is 1. The Bertz CT molecular complexity index is 500. The van der Waals surface area contributed by atoms with Gasteiger partial charge in [-0.05, 0) is 31.2 Å². The molecule has 0 saturated carbocycles. The van der Waals surface area contributed by atoms with Crippen LogP contribution >= 0.6 is 11.8 Å². The highest BCUT2D eigenvalue weighted by Gasteiger charge is 2.41. The van der Waals surface area contributed by atoms with Gasteiger partial charge in [-0.1, -0.05) is 0 Å². The number of hydrogen-bond donors (Lipinski definition) is 1. The average Bonchev–Trinajstić information content (AvgIpc) is 2.86. The van der Waals surface area contributed by atoms with Crippen LogP contribution in [0.15, 0.2) is 18.2 Å². The third-order valence-electron chi connectivity index (χ3n) is 4.24. The Hall–Kier alpha value is -0.780. The van der Waals surface area contributed by atoms with Crippen molar-refractivity contribution in [3.63, 3.8) is 0 Å².